The summed E-state index contributed by atoms with van der Waals surface area (Å²) < 4.78 is 10.3. The number of ether oxygens (including phenoxy) is 1. The van der Waals surface area contributed by atoms with Gasteiger partial charge in [0.2, 0.25) is 0 Å². The van der Waals surface area contributed by atoms with Crippen LogP contribution in [0.3, 0.4) is 0 Å². The Kier molecular flexibility index (Phi) is 3.55. The zero-order valence-electron chi connectivity index (χ0n) is 11.5. The fourth-order valence-corrected chi connectivity index (χ4v) is 2.05. The van der Waals surface area contributed by atoms with E-state index in [2.05, 4.69) is 10.3 Å². The van der Waals surface area contributed by atoms with Gasteiger partial charge in [-0.05, 0) is 29.8 Å². The summed E-state index contributed by atoms with van der Waals surface area (Å²) in [5, 5.41) is 2.76. The number of furan rings is 1. The fraction of sp³-hybridized carbons (Fsp3) is 0.125. The highest BCUT2D eigenvalue weighted by atomic mass is 16.5. The van der Waals surface area contributed by atoms with Crippen LogP contribution < -0.4 is 10.1 Å². The molecule has 1 amide bonds. The van der Waals surface area contributed by atoms with Gasteiger partial charge in [-0.2, -0.15) is 0 Å². The summed E-state index contributed by atoms with van der Waals surface area (Å²) in [6, 6.07) is 11.2. The SMILES string of the molecule is COc1ccc(CC2=N/C(=C/c3ccco3)C(=O)N2)cc1. The van der Waals surface area contributed by atoms with E-state index < -0.39 is 0 Å². The van der Waals surface area contributed by atoms with Crippen LogP contribution in [0.15, 0.2) is 57.8 Å². The number of carbonyl (C=O) groups excluding carboxylic acids is 1. The zero-order valence-corrected chi connectivity index (χ0v) is 11.5. The number of amides is 1. The van der Waals surface area contributed by atoms with E-state index in [1.165, 1.54) is 0 Å². The van der Waals surface area contributed by atoms with E-state index >= 15 is 0 Å². The van der Waals surface area contributed by atoms with Crippen LogP contribution in [0.4, 0.5) is 0 Å². The lowest BCUT2D eigenvalue weighted by molar-refractivity contribution is -0.115. The first kappa shape index (κ1) is 13.2. The van der Waals surface area contributed by atoms with Gasteiger partial charge in [0, 0.05) is 12.5 Å². The molecule has 3 rings (SSSR count). The van der Waals surface area contributed by atoms with E-state index in [0.29, 0.717) is 23.7 Å². The second-order valence-corrected chi connectivity index (χ2v) is 4.58. The monoisotopic (exact) mass is 282 g/mol. The number of hydrogen-bond acceptors (Lipinski definition) is 4. The number of methoxy groups -OCH3 is 1. The van der Waals surface area contributed by atoms with Crippen molar-refractivity contribution in [2.24, 2.45) is 4.99 Å². The predicted molar refractivity (Wildman–Crippen MR) is 79.0 cm³/mol. The maximum atomic E-state index is 11.8. The third-order valence-corrected chi connectivity index (χ3v) is 3.10. The van der Waals surface area contributed by atoms with E-state index in [-0.39, 0.29) is 5.91 Å². The number of nitrogens with one attached hydrogen (secondary N) is 1. The van der Waals surface area contributed by atoms with Gasteiger partial charge in [-0.25, -0.2) is 4.99 Å². The van der Waals surface area contributed by atoms with Gasteiger partial charge in [-0.1, -0.05) is 12.1 Å². The number of carbonyl (C=O) groups is 1. The van der Waals surface area contributed by atoms with E-state index in [4.69, 9.17) is 9.15 Å². The van der Waals surface area contributed by atoms with Gasteiger partial charge in [0.1, 0.15) is 23.0 Å². The molecule has 0 fully saturated rings. The average Bonchev–Trinajstić information content (AvgIpc) is 3.11. The summed E-state index contributed by atoms with van der Waals surface area (Å²) in [5.41, 5.74) is 1.41. The molecule has 0 unspecified atom stereocenters. The molecule has 0 spiro atoms. The van der Waals surface area contributed by atoms with Crippen LogP contribution in [-0.4, -0.2) is 18.9 Å². The predicted octanol–water partition coefficient (Wildman–Crippen LogP) is 2.40. The Morgan fingerprint density at radius 1 is 1.29 bits per heavy atom. The molecule has 1 aliphatic heterocycles. The van der Waals surface area contributed by atoms with Crippen molar-refractivity contribution < 1.29 is 13.9 Å². The van der Waals surface area contributed by atoms with Gasteiger partial charge < -0.3 is 14.5 Å². The normalized spacial score (nSPS) is 16.0. The molecule has 2 aromatic rings. The second kappa shape index (κ2) is 5.66. The van der Waals surface area contributed by atoms with E-state index in [1.807, 2.05) is 24.3 Å². The quantitative estimate of drug-likeness (QED) is 0.876. The first-order valence-electron chi connectivity index (χ1n) is 6.51. The molecular weight excluding hydrogens is 268 g/mol. The van der Waals surface area contributed by atoms with Crippen LogP contribution in [0, 0.1) is 0 Å². The molecule has 2 heterocycles. The summed E-state index contributed by atoms with van der Waals surface area (Å²) in [5.74, 6) is 1.82. The van der Waals surface area contributed by atoms with Gasteiger partial charge in [0.15, 0.2) is 0 Å². The number of aliphatic imine (C=N–C) groups is 1. The lowest BCUT2D eigenvalue weighted by Gasteiger charge is -2.03. The minimum Gasteiger partial charge on any atom is -0.497 e. The maximum absolute atomic E-state index is 11.8. The van der Waals surface area contributed by atoms with Crippen molar-refractivity contribution in [1.82, 2.24) is 5.32 Å². The lowest BCUT2D eigenvalue weighted by atomic mass is 10.1. The molecule has 0 atom stereocenters. The summed E-state index contributed by atoms with van der Waals surface area (Å²) >= 11 is 0. The summed E-state index contributed by atoms with van der Waals surface area (Å²) in [4.78, 5) is 16.2. The van der Waals surface area contributed by atoms with Crippen LogP contribution in [0.1, 0.15) is 11.3 Å². The van der Waals surface area contributed by atoms with Crippen molar-refractivity contribution in [3.63, 3.8) is 0 Å². The molecule has 106 valence electrons. The van der Waals surface area contributed by atoms with Crippen LogP contribution in [0.25, 0.3) is 6.08 Å². The first-order chi connectivity index (χ1) is 10.2. The largest absolute Gasteiger partial charge is 0.497 e. The molecule has 0 aliphatic carbocycles. The molecule has 1 aliphatic rings. The third kappa shape index (κ3) is 3.02. The van der Waals surface area contributed by atoms with Gasteiger partial charge in [-0.3, -0.25) is 4.79 Å². The van der Waals surface area contributed by atoms with Crippen molar-refractivity contribution in [2.75, 3.05) is 7.11 Å². The molecule has 21 heavy (non-hydrogen) atoms. The molecule has 5 heteroatoms. The molecule has 0 saturated heterocycles. The van der Waals surface area contributed by atoms with Gasteiger partial charge in [-0.15, -0.1) is 0 Å². The number of rotatable bonds is 4. The Morgan fingerprint density at radius 3 is 2.76 bits per heavy atom. The number of nitrogens with zero attached hydrogens (tertiary/aromatic N) is 1. The number of amidine groups is 1. The van der Waals surface area contributed by atoms with Crippen molar-refractivity contribution in [3.8, 4) is 5.75 Å². The minimum absolute atomic E-state index is 0.213. The summed E-state index contributed by atoms with van der Waals surface area (Å²) in [7, 11) is 1.63. The average molecular weight is 282 g/mol. The second-order valence-electron chi connectivity index (χ2n) is 4.58. The fourth-order valence-electron chi connectivity index (χ4n) is 2.05. The third-order valence-electron chi connectivity index (χ3n) is 3.10. The molecular formula is C16H14N2O3. The van der Waals surface area contributed by atoms with Crippen LogP contribution in [0.5, 0.6) is 5.75 Å². The van der Waals surface area contributed by atoms with Gasteiger partial charge in [0.25, 0.3) is 5.91 Å². The maximum Gasteiger partial charge on any atom is 0.275 e. The van der Waals surface area contributed by atoms with Crippen LogP contribution in [-0.2, 0) is 11.2 Å². The molecule has 1 aromatic carbocycles. The Labute approximate surface area is 121 Å². The van der Waals surface area contributed by atoms with Gasteiger partial charge in [0.05, 0.1) is 13.4 Å². The molecule has 5 nitrogen and oxygen atoms in total. The van der Waals surface area contributed by atoms with Crippen molar-refractivity contribution in [2.45, 2.75) is 6.42 Å². The summed E-state index contributed by atoms with van der Waals surface area (Å²) in [6.07, 6.45) is 3.74. The number of benzene rings is 1. The number of hydrogen-bond donors (Lipinski definition) is 1. The molecule has 0 radical (unpaired) electrons. The molecule has 0 bridgehead atoms. The molecule has 1 N–H and O–H groups in total. The van der Waals surface area contributed by atoms with E-state index in [9.17, 15) is 4.79 Å². The van der Waals surface area contributed by atoms with Crippen molar-refractivity contribution >= 4 is 17.8 Å². The van der Waals surface area contributed by atoms with Crippen molar-refractivity contribution in [3.05, 3.63) is 59.7 Å². The molecule has 1 aromatic heterocycles. The Morgan fingerprint density at radius 2 is 2.10 bits per heavy atom. The minimum atomic E-state index is -0.213. The van der Waals surface area contributed by atoms with Crippen molar-refractivity contribution in [1.29, 1.82) is 0 Å². The van der Waals surface area contributed by atoms with E-state index in [0.717, 1.165) is 11.3 Å². The van der Waals surface area contributed by atoms with Crippen LogP contribution in [0.2, 0.25) is 0 Å². The van der Waals surface area contributed by atoms with E-state index in [1.54, 1.807) is 31.6 Å². The Hall–Kier alpha value is -2.82. The Bertz CT molecular complexity index is 698. The zero-order chi connectivity index (χ0) is 14.7. The smallest absolute Gasteiger partial charge is 0.275 e. The standard InChI is InChI=1S/C16H14N2O3/c1-20-12-6-4-11(5-7-12)9-15-17-14(16(19)18-15)10-13-3-2-8-21-13/h2-8,10H,9H2,1H3,(H,17,18,19)/b14-10+. The van der Waals surface area contributed by atoms with Crippen LogP contribution >= 0.6 is 0 Å². The highest BCUT2D eigenvalue weighted by Gasteiger charge is 2.20. The highest BCUT2D eigenvalue weighted by molar-refractivity contribution is 6.14. The topological polar surface area (TPSA) is 63.8 Å². The first-order valence-corrected chi connectivity index (χ1v) is 6.51. The highest BCUT2D eigenvalue weighted by Crippen LogP contribution is 2.16. The summed E-state index contributed by atoms with van der Waals surface area (Å²) in [6.45, 7) is 0. The van der Waals surface area contributed by atoms with Gasteiger partial charge >= 0.3 is 0 Å². The lowest BCUT2D eigenvalue weighted by Crippen LogP contribution is -2.25. The Balaban J connectivity index is 1.75. The molecule has 0 saturated carbocycles.